The molecule has 2 aromatic rings. The summed E-state index contributed by atoms with van der Waals surface area (Å²) in [6, 6.07) is 12.4. The second kappa shape index (κ2) is 4.54. The Hall–Kier alpha value is -2.54. The highest BCUT2D eigenvalue weighted by atomic mass is 16.5. The fourth-order valence-electron chi connectivity index (χ4n) is 1.50. The molecule has 0 radical (unpaired) electrons. The van der Waals surface area contributed by atoms with Gasteiger partial charge in [0.1, 0.15) is 17.4 Å². The van der Waals surface area contributed by atoms with E-state index in [1.165, 1.54) is 6.07 Å². The number of ether oxygens (including phenoxy) is 1. The Morgan fingerprint density at radius 2 is 1.88 bits per heavy atom. The summed E-state index contributed by atoms with van der Waals surface area (Å²) in [5.74, 6) is 0.754. The molecule has 2 rings (SSSR count). The van der Waals surface area contributed by atoms with Crippen LogP contribution >= 0.6 is 0 Å². The summed E-state index contributed by atoms with van der Waals surface area (Å²) in [4.78, 5) is 14.1. The van der Waals surface area contributed by atoms with Crippen LogP contribution in [-0.2, 0) is 0 Å². The van der Waals surface area contributed by atoms with Crippen molar-refractivity contribution in [3.8, 4) is 23.1 Å². The van der Waals surface area contributed by atoms with Gasteiger partial charge < -0.3 is 9.72 Å². The molecule has 0 aliphatic heterocycles. The van der Waals surface area contributed by atoms with Gasteiger partial charge in [-0.3, -0.25) is 4.79 Å². The fourth-order valence-corrected chi connectivity index (χ4v) is 1.50. The number of aromatic amines is 1. The number of hydrogen-bond donors (Lipinski definition) is 1. The number of benzene rings is 1. The lowest BCUT2D eigenvalue weighted by molar-refractivity contribution is 0.415. The summed E-state index contributed by atoms with van der Waals surface area (Å²) >= 11 is 0. The number of rotatable bonds is 2. The molecule has 17 heavy (non-hydrogen) atoms. The third-order valence-corrected chi connectivity index (χ3v) is 2.43. The Balaban J connectivity index is 2.43. The number of nitriles is 1. The molecule has 0 unspecified atom stereocenters. The van der Waals surface area contributed by atoms with Crippen molar-refractivity contribution in [3.63, 3.8) is 0 Å². The van der Waals surface area contributed by atoms with E-state index in [0.29, 0.717) is 5.69 Å². The van der Waals surface area contributed by atoms with Gasteiger partial charge in [0.25, 0.3) is 5.56 Å². The smallest absolute Gasteiger partial charge is 0.266 e. The SMILES string of the molecule is COc1ccc(-c2ccc(C#N)c(=O)[nH]2)cc1. The summed E-state index contributed by atoms with van der Waals surface area (Å²) < 4.78 is 5.05. The standard InChI is InChI=1S/C13H10N2O2/c1-17-11-5-2-9(3-6-11)12-7-4-10(8-14)13(16)15-12/h2-7H,1H3,(H,15,16). The van der Waals surface area contributed by atoms with E-state index in [2.05, 4.69) is 4.98 Å². The first kappa shape index (κ1) is 11.0. The first-order chi connectivity index (χ1) is 8.24. The lowest BCUT2D eigenvalue weighted by Crippen LogP contribution is -2.09. The average molecular weight is 226 g/mol. The summed E-state index contributed by atoms with van der Waals surface area (Å²) in [7, 11) is 1.60. The van der Waals surface area contributed by atoms with Crippen molar-refractivity contribution < 1.29 is 4.74 Å². The molecule has 4 nitrogen and oxygen atoms in total. The van der Waals surface area contributed by atoms with Crippen LogP contribution < -0.4 is 10.3 Å². The van der Waals surface area contributed by atoms with E-state index in [1.54, 1.807) is 13.2 Å². The van der Waals surface area contributed by atoms with E-state index in [4.69, 9.17) is 10.00 Å². The van der Waals surface area contributed by atoms with E-state index < -0.39 is 0 Å². The normalized spacial score (nSPS) is 9.65. The molecule has 1 aromatic heterocycles. The van der Waals surface area contributed by atoms with E-state index in [-0.39, 0.29) is 11.1 Å². The number of methoxy groups -OCH3 is 1. The number of H-pyrrole nitrogens is 1. The molecule has 84 valence electrons. The van der Waals surface area contributed by atoms with Crippen LogP contribution in [0.4, 0.5) is 0 Å². The minimum absolute atomic E-state index is 0.113. The van der Waals surface area contributed by atoms with Crippen molar-refractivity contribution in [3.05, 3.63) is 52.3 Å². The maximum absolute atomic E-state index is 11.5. The van der Waals surface area contributed by atoms with Gasteiger partial charge >= 0.3 is 0 Å². The highest BCUT2D eigenvalue weighted by molar-refractivity contribution is 5.60. The maximum atomic E-state index is 11.5. The Labute approximate surface area is 98.1 Å². The molecule has 0 bridgehead atoms. The number of nitrogens with zero attached hydrogens (tertiary/aromatic N) is 1. The summed E-state index contributed by atoms with van der Waals surface area (Å²) in [6.45, 7) is 0. The Morgan fingerprint density at radius 1 is 1.18 bits per heavy atom. The van der Waals surface area contributed by atoms with Gasteiger partial charge in [0, 0.05) is 5.69 Å². The van der Waals surface area contributed by atoms with Crippen molar-refractivity contribution in [2.24, 2.45) is 0 Å². The average Bonchev–Trinajstić information content (AvgIpc) is 2.39. The number of aromatic nitrogens is 1. The van der Waals surface area contributed by atoms with Crippen LogP contribution in [0.1, 0.15) is 5.56 Å². The highest BCUT2D eigenvalue weighted by Gasteiger charge is 2.02. The van der Waals surface area contributed by atoms with Gasteiger partial charge in [0.15, 0.2) is 0 Å². The Morgan fingerprint density at radius 3 is 2.41 bits per heavy atom. The van der Waals surface area contributed by atoms with Gasteiger partial charge in [-0.2, -0.15) is 5.26 Å². The number of pyridine rings is 1. The quantitative estimate of drug-likeness (QED) is 0.850. The van der Waals surface area contributed by atoms with Gasteiger partial charge in [-0.1, -0.05) is 0 Å². The lowest BCUT2D eigenvalue weighted by atomic mass is 10.1. The van der Waals surface area contributed by atoms with Crippen molar-refractivity contribution in [1.82, 2.24) is 4.98 Å². The fraction of sp³-hybridized carbons (Fsp3) is 0.0769. The van der Waals surface area contributed by atoms with Gasteiger partial charge in [-0.25, -0.2) is 0 Å². The predicted octanol–water partition coefficient (Wildman–Crippen LogP) is 1.92. The van der Waals surface area contributed by atoms with Gasteiger partial charge in [0.2, 0.25) is 0 Å². The molecule has 0 saturated carbocycles. The van der Waals surface area contributed by atoms with Crippen molar-refractivity contribution >= 4 is 0 Å². The van der Waals surface area contributed by atoms with Crippen molar-refractivity contribution in [1.29, 1.82) is 5.26 Å². The molecule has 4 heteroatoms. The molecule has 0 amide bonds. The molecule has 0 atom stereocenters. The predicted molar refractivity (Wildman–Crippen MR) is 63.8 cm³/mol. The molecule has 1 heterocycles. The molecular weight excluding hydrogens is 216 g/mol. The van der Waals surface area contributed by atoms with Crippen LogP contribution in [0.5, 0.6) is 5.75 Å². The second-order valence-corrected chi connectivity index (χ2v) is 3.46. The molecule has 0 aliphatic rings. The summed E-state index contributed by atoms with van der Waals surface area (Å²) in [5.41, 5.74) is 1.28. The van der Waals surface area contributed by atoms with Crippen LogP contribution in [0, 0.1) is 11.3 Å². The molecular formula is C13H10N2O2. The largest absolute Gasteiger partial charge is 0.497 e. The van der Waals surface area contributed by atoms with Crippen LogP contribution in [0.25, 0.3) is 11.3 Å². The first-order valence-corrected chi connectivity index (χ1v) is 5.02. The highest BCUT2D eigenvalue weighted by Crippen LogP contribution is 2.19. The number of nitrogens with one attached hydrogen (secondary N) is 1. The van der Waals surface area contributed by atoms with Crippen molar-refractivity contribution in [2.75, 3.05) is 7.11 Å². The summed E-state index contributed by atoms with van der Waals surface area (Å²) in [6.07, 6.45) is 0. The Bertz CT molecular complexity index is 621. The second-order valence-electron chi connectivity index (χ2n) is 3.46. The minimum Gasteiger partial charge on any atom is -0.497 e. The summed E-state index contributed by atoms with van der Waals surface area (Å²) in [5, 5.41) is 8.66. The third kappa shape index (κ3) is 2.18. The van der Waals surface area contributed by atoms with Gasteiger partial charge in [-0.05, 0) is 42.0 Å². The first-order valence-electron chi connectivity index (χ1n) is 5.02. The zero-order valence-corrected chi connectivity index (χ0v) is 9.23. The molecule has 0 aliphatic carbocycles. The van der Waals surface area contributed by atoms with Crippen molar-refractivity contribution in [2.45, 2.75) is 0 Å². The molecule has 1 N–H and O–H groups in total. The van der Waals surface area contributed by atoms with Gasteiger partial charge in [-0.15, -0.1) is 0 Å². The minimum atomic E-state index is -0.374. The topological polar surface area (TPSA) is 65.9 Å². The zero-order chi connectivity index (χ0) is 12.3. The molecule has 1 aromatic carbocycles. The monoisotopic (exact) mass is 226 g/mol. The van der Waals surface area contributed by atoms with E-state index >= 15 is 0 Å². The zero-order valence-electron chi connectivity index (χ0n) is 9.23. The molecule has 0 spiro atoms. The lowest BCUT2D eigenvalue weighted by Gasteiger charge is -2.03. The molecule has 0 saturated heterocycles. The maximum Gasteiger partial charge on any atom is 0.266 e. The van der Waals surface area contributed by atoms with Crippen LogP contribution in [-0.4, -0.2) is 12.1 Å². The van der Waals surface area contributed by atoms with Crippen LogP contribution in [0.2, 0.25) is 0 Å². The Kier molecular flexibility index (Phi) is 2.93. The van der Waals surface area contributed by atoms with Crippen LogP contribution in [0.3, 0.4) is 0 Å². The number of hydrogen-bond acceptors (Lipinski definition) is 3. The van der Waals surface area contributed by atoms with E-state index in [1.807, 2.05) is 30.3 Å². The van der Waals surface area contributed by atoms with Gasteiger partial charge in [0.05, 0.1) is 7.11 Å². The van der Waals surface area contributed by atoms with E-state index in [0.717, 1.165) is 11.3 Å². The van der Waals surface area contributed by atoms with E-state index in [9.17, 15) is 4.79 Å². The molecule has 0 fully saturated rings. The van der Waals surface area contributed by atoms with Crippen LogP contribution in [0.15, 0.2) is 41.2 Å². The third-order valence-electron chi connectivity index (χ3n) is 2.43.